The van der Waals surface area contributed by atoms with Crippen molar-refractivity contribution in [3.8, 4) is 11.1 Å². The van der Waals surface area contributed by atoms with E-state index in [9.17, 15) is 0 Å². The summed E-state index contributed by atoms with van der Waals surface area (Å²) in [5.74, 6) is 0. The molecule has 246 valence electrons. The SMILES string of the molecule is c1ccc(-c2cccc(N(c3ccccc3)c3ccc4oc5cc(N(c6ccccc6)c6cccc7oc8ccccc8c67)ccc5c4c3)c2)cc1. The minimum Gasteiger partial charge on any atom is -0.456 e. The lowest BCUT2D eigenvalue weighted by molar-refractivity contribution is 0.669. The van der Waals surface area contributed by atoms with Gasteiger partial charge in [-0.3, -0.25) is 0 Å². The van der Waals surface area contributed by atoms with Gasteiger partial charge in [0.2, 0.25) is 0 Å². The van der Waals surface area contributed by atoms with Crippen molar-refractivity contribution in [2.24, 2.45) is 0 Å². The monoisotopic (exact) mass is 668 g/mol. The minimum absolute atomic E-state index is 0.826. The van der Waals surface area contributed by atoms with E-state index in [0.29, 0.717) is 0 Å². The first-order valence-electron chi connectivity index (χ1n) is 17.5. The average molecular weight is 669 g/mol. The fourth-order valence-corrected chi connectivity index (χ4v) is 7.46. The van der Waals surface area contributed by atoms with Crippen molar-refractivity contribution >= 4 is 78.0 Å². The quantitative estimate of drug-likeness (QED) is 0.169. The van der Waals surface area contributed by atoms with Crippen molar-refractivity contribution in [3.05, 3.63) is 194 Å². The number of fused-ring (bicyclic) bond motifs is 6. The molecule has 0 amide bonds. The summed E-state index contributed by atoms with van der Waals surface area (Å²) < 4.78 is 12.9. The van der Waals surface area contributed by atoms with Crippen LogP contribution < -0.4 is 9.80 Å². The second-order valence-corrected chi connectivity index (χ2v) is 13.0. The normalized spacial score (nSPS) is 11.5. The first-order valence-corrected chi connectivity index (χ1v) is 17.5. The maximum absolute atomic E-state index is 6.62. The number of benzene rings is 8. The van der Waals surface area contributed by atoms with E-state index >= 15 is 0 Å². The van der Waals surface area contributed by atoms with Crippen LogP contribution in [0, 0.1) is 0 Å². The molecular weight excluding hydrogens is 637 g/mol. The number of anilines is 6. The molecule has 4 nitrogen and oxygen atoms in total. The molecule has 10 rings (SSSR count). The van der Waals surface area contributed by atoms with E-state index in [4.69, 9.17) is 8.83 Å². The molecule has 4 heteroatoms. The van der Waals surface area contributed by atoms with E-state index in [1.165, 1.54) is 11.1 Å². The Morgan fingerprint density at radius 2 is 0.846 bits per heavy atom. The Morgan fingerprint density at radius 3 is 1.65 bits per heavy atom. The van der Waals surface area contributed by atoms with Crippen molar-refractivity contribution < 1.29 is 8.83 Å². The fraction of sp³-hybridized carbons (Fsp3) is 0. The molecule has 2 heterocycles. The van der Waals surface area contributed by atoms with E-state index in [1.54, 1.807) is 0 Å². The molecule has 0 fully saturated rings. The standard InChI is InChI=1S/C48H32N2O2/c1-4-14-33(15-5-1)34-16-12-21-37(30-34)49(35-17-6-2-7-18-35)38-27-29-45-42(31-38)40-28-26-39(32-47(40)52-45)50(36-19-8-3-9-20-36)43-23-13-25-46-48(43)41-22-10-11-24-44(41)51-46/h1-32H. The van der Waals surface area contributed by atoms with E-state index in [1.807, 2.05) is 24.3 Å². The number of rotatable bonds is 7. The van der Waals surface area contributed by atoms with Crippen LogP contribution in [0.15, 0.2) is 203 Å². The molecule has 0 radical (unpaired) electrons. The lowest BCUT2D eigenvalue weighted by Gasteiger charge is -2.26. The molecule has 0 spiro atoms. The third-order valence-corrected chi connectivity index (χ3v) is 9.82. The van der Waals surface area contributed by atoms with Gasteiger partial charge in [0.1, 0.15) is 22.3 Å². The summed E-state index contributed by atoms with van der Waals surface area (Å²) in [7, 11) is 0. The third-order valence-electron chi connectivity index (χ3n) is 9.82. The smallest absolute Gasteiger partial charge is 0.137 e. The van der Waals surface area contributed by atoms with E-state index in [0.717, 1.165) is 78.0 Å². The highest BCUT2D eigenvalue weighted by Crippen LogP contribution is 2.45. The summed E-state index contributed by atoms with van der Waals surface area (Å²) in [6.07, 6.45) is 0. The van der Waals surface area contributed by atoms with E-state index < -0.39 is 0 Å². The van der Waals surface area contributed by atoms with Crippen LogP contribution in [0.25, 0.3) is 55.0 Å². The molecular formula is C48H32N2O2. The van der Waals surface area contributed by atoms with Crippen molar-refractivity contribution in [2.45, 2.75) is 0 Å². The summed E-state index contributed by atoms with van der Waals surface area (Å²) in [5, 5.41) is 4.29. The number of hydrogen-bond acceptors (Lipinski definition) is 4. The molecule has 0 unspecified atom stereocenters. The van der Waals surface area contributed by atoms with Crippen molar-refractivity contribution in [1.82, 2.24) is 0 Å². The molecule has 0 aliphatic carbocycles. The Kier molecular flexibility index (Phi) is 7.10. The highest BCUT2D eigenvalue weighted by atomic mass is 16.3. The first kappa shape index (κ1) is 29.8. The highest BCUT2D eigenvalue weighted by Gasteiger charge is 2.21. The summed E-state index contributed by atoms with van der Waals surface area (Å²) in [4.78, 5) is 4.60. The molecule has 0 atom stereocenters. The van der Waals surface area contributed by atoms with Gasteiger partial charge in [0.05, 0.1) is 11.1 Å². The molecule has 8 aromatic carbocycles. The Labute approximate surface area is 301 Å². The van der Waals surface area contributed by atoms with E-state index in [-0.39, 0.29) is 0 Å². The Hall–Kier alpha value is -7.04. The average Bonchev–Trinajstić information content (AvgIpc) is 3.78. The molecule has 0 aliphatic rings. The number of para-hydroxylation sites is 3. The number of hydrogen-bond donors (Lipinski definition) is 0. The van der Waals surface area contributed by atoms with Gasteiger partial charge < -0.3 is 18.6 Å². The van der Waals surface area contributed by atoms with Crippen LogP contribution in [0.2, 0.25) is 0 Å². The van der Waals surface area contributed by atoms with Crippen molar-refractivity contribution in [2.75, 3.05) is 9.80 Å². The van der Waals surface area contributed by atoms with Crippen LogP contribution in [0.1, 0.15) is 0 Å². The fourth-order valence-electron chi connectivity index (χ4n) is 7.46. The molecule has 0 aliphatic heterocycles. The van der Waals surface area contributed by atoms with Gasteiger partial charge in [-0.15, -0.1) is 0 Å². The zero-order valence-electron chi connectivity index (χ0n) is 28.2. The highest BCUT2D eigenvalue weighted by molar-refractivity contribution is 6.14. The summed E-state index contributed by atoms with van der Waals surface area (Å²) in [6, 6.07) is 67.8. The van der Waals surface area contributed by atoms with Crippen molar-refractivity contribution in [3.63, 3.8) is 0 Å². The molecule has 0 N–H and O–H groups in total. The van der Waals surface area contributed by atoms with Crippen LogP contribution in [0.3, 0.4) is 0 Å². The van der Waals surface area contributed by atoms with Crippen molar-refractivity contribution in [1.29, 1.82) is 0 Å². The molecule has 2 aromatic heterocycles. The lowest BCUT2D eigenvalue weighted by Crippen LogP contribution is -2.10. The van der Waals surface area contributed by atoms with E-state index in [2.05, 4.69) is 180 Å². The maximum Gasteiger partial charge on any atom is 0.137 e. The van der Waals surface area contributed by atoms with Crippen LogP contribution in [0.5, 0.6) is 0 Å². The van der Waals surface area contributed by atoms with Crippen LogP contribution in [0.4, 0.5) is 34.1 Å². The Balaban J connectivity index is 1.12. The zero-order chi connectivity index (χ0) is 34.4. The zero-order valence-corrected chi connectivity index (χ0v) is 28.2. The third kappa shape index (κ3) is 5.09. The largest absolute Gasteiger partial charge is 0.456 e. The lowest BCUT2D eigenvalue weighted by atomic mass is 10.0. The molecule has 0 bridgehead atoms. The van der Waals surface area contributed by atoms with Gasteiger partial charge in [-0.2, -0.15) is 0 Å². The summed E-state index contributed by atoms with van der Waals surface area (Å²) in [6.45, 7) is 0. The first-order chi connectivity index (χ1) is 25.8. The number of furan rings is 2. The molecule has 52 heavy (non-hydrogen) atoms. The molecule has 10 aromatic rings. The number of nitrogens with zero attached hydrogens (tertiary/aromatic N) is 2. The van der Waals surface area contributed by atoms with Crippen LogP contribution >= 0.6 is 0 Å². The predicted octanol–water partition coefficient (Wildman–Crippen LogP) is 14.1. The van der Waals surface area contributed by atoms with Gasteiger partial charge in [0.15, 0.2) is 0 Å². The van der Waals surface area contributed by atoms with Gasteiger partial charge in [-0.25, -0.2) is 0 Å². The predicted molar refractivity (Wildman–Crippen MR) is 216 cm³/mol. The van der Waals surface area contributed by atoms with Crippen LogP contribution in [-0.2, 0) is 0 Å². The Morgan fingerprint density at radius 1 is 0.288 bits per heavy atom. The van der Waals surface area contributed by atoms with Gasteiger partial charge in [-0.1, -0.05) is 103 Å². The maximum atomic E-state index is 6.62. The van der Waals surface area contributed by atoms with Crippen LogP contribution in [-0.4, -0.2) is 0 Å². The molecule has 0 saturated carbocycles. The second-order valence-electron chi connectivity index (χ2n) is 13.0. The summed E-state index contributed by atoms with van der Waals surface area (Å²) >= 11 is 0. The van der Waals surface area contributed by atoms with Gasteiger partial charge in [-0.05, 0) is 96.1 Å². The van der Waals surface area contributed by atoms with Gasteiger partial charge >= 0.3 is 0 Å². The van der Waals surface area contributed by atoms with Gasteiger partial charge in [0, 0.05) is 50.7 Å². The summed E-state index contributed by atoms with van der Waals surface area (Å²) in [5.41, 5.74) is 12.1. The second kappa shape index (κ2) is 12.4. The molecule has 0 saturated heterocycles. The topological polar surface area (TPSA) is 32.8 Å². The minimum atomic E-state index is 0.826. The van der Waals surface area contributed by atoms with Gasteiger partial charge in [0.25, 0.3) is 0 Å². The Bertz CT molecular complexity index is 2860.